The molecule has 0 atom stereocenters. The van der Waals surface area contributed by atoms with Gasteiger partial charge in [0.25, 0.3) is 5.56 Å². The summed E-state index contributed by atoms with van der Waals surface area (Å²) in [6, 6.07) is 6.12. The smallest absolute Gasteiger partial charge is 0.277 e. The summed E-state index contributed by atoms with van der Waals surface area (Å²) in [7, 11) is -3.57. The van der Waals surface area contributed by atoms with E-state index >= 15 is 0 Å². The third-order valence-electron chi connectivity index (χ3n) is 5.23. The summed E-state index contributed by atoms with van der Waals surface area (Å²) >= 11 is 6.37. The van der Waals surface area contributed by atoms with Crippen molar-refractivity contribution in [2.24, 2.45) is 0 Å². The molecule has 1 N–H and O–H groups in total. The standard InChI is InChI=1S/C24H22ClFN6O4S/c1-13-7-16(26)19(28-10-13)12-36-21-8-15(3)32(23(33)22(21)25)20-9-18(29-11-14(20)2)17-5-6-27-24(30-17)31-37(4,34)35/h5-11H,12H2,1-4H3,(H,27,30,31). The predicted octanol–water partition coefficient (Wildman–Crippen LogP) is 3.75. The van der Waals surface area contributed by atoms with Crippen molar-refractivity contribution >= 4 is 27.6 Å². The number of aryl methyl sites for hydroxylation is 3. The van der Waals surface area contributed by atoms with E-state index in [1.54, 1.807) is 45.2 Å². The molecule has 4 aromatic heterocycles. The maximum absolute atomic E-state index is 14.1. The Kier molecular flexibility index (Phi) is 7.23. The van der Waals surface area contributed by atoms with Crippen LogP contribution in [0.25, 0.3) is 17.1 Å². The Labute approximate surface area is 217 Å². The van der Waals surface area contributed by atoms with E-state index in [1.165, 1.54) is 23.0 Å². The number of nitrogens with one attached hydrogen (secondary N) is 1. The third kappa shape index (κ3) is 5.92. The molecule has 0 saturated carbocycles. The summed E-state index contributed by atoms with van der Waals surface area (Å²) in [5.41, 5.74) is 2.61. The number of rotatable bonds is 7. The maximum Gasteiger partial charge on any atom is 0.277 e. The van der Waals surface area contributed by atoms with Crippen molar-refractivity contribution in [3.63, 3.8) is 0 Å². The lowest BCUT2D eigenvalue weighted by Crippen LogP contribution is -2.23. The van der Waals surface area contributed by atoms with Gasteiger partial charge in [0, 0.05) is 30.4 Å². The molecule has 0 aliphatic carbocycles. The first-order valence-electron chi connectivity index (χ1n) is 10.9. The van der Waals surface area contributed by atoms with Crippen LogP contribution in [0.3, 0.4) is 0 Å². The zero-order chi connectivity index (χ0) is 26.9. The summed E-state index contributed by atoms with van der Waals surface area (Å²) in [4.78, 5) is 29.8. The van der Waals surface area contributed by atoms with Crippen LogP contribution < -0.4 is 15.0 Å². The maximum atomic E-state index is 14.1. The van der Waals surface area contributed by atoms with Crippen molar-refractivity contribution in [2.45, 2.75) is 27.4 Å². The second-order valence-electron chi connectivity index (χ2n) is 8.33. The number of hydrogen-bond acceptors (Lipinski definition) is 8. The molecule has 37 heavy (non-hydrogen) atoms. The highest BCUT2D eigenvalue weighted by molar-refractivity contribution is 7.91. The van der Waals surface area contributed by atoms with Crippen LogP contribution in [-0.2, 0) is 16.6 Å². The molecule has 4 aromatic rings. The third-order valence-corrected chi connectivity index (χ3v) is 6.13. The fourth-order valence-electron chi connectivity index (χ4n) is 3.51. The zero-order valence-corrected chi connectivity index (χ0v) is 21.9. The van der Waals surface area contributed by atoms with Crippen LogP contribution in [0.15, 0.2) is 47.7 Å². The first-order valence-corrected chi connectivity index (χ1v) is 13.1. The molecule has 10 nitrogen and oxygen atoms in total. The highest BCUT2D eigenvalue weighted by Crippen LogP contribution is 2.27. The van der Waals surface area contributed by atoms with Crippen LogP contribution in [0, 0.1) is 26.6 Å². The molecule has 0 aromatic carbocycles. The highest BCUT2D eigenvalue weighted by Gasteiger charge is 2.18. The second-order valence-corrected chi connectivity index (χ2v) is 10.5. The van der Waals surface area contributed by atoms with E-state index in [1.807, 2.05) is 0 Å². The van der Waals surface area contributed by atoms with Gasteiger partial charge in [-0.05, 0) is 50.1 Å². The topological polar surface area (TPSA) is 129 Å². The molecule has 0 aliphatic heterocycles. The molecule has 0 amide bonds. The molecule has 192 valence electrons. The normalized spacial score (nSPS) is 11.4. The first kappa shape index (κ1) is 26.2. The number of ether oxygens (including phenoxy) is 1. The van der Waals surface area contributed by atoms with Gasteiger partial charge in [-0.2, -0.15) is 0 Å². The molecule has 0 bridgehead atoms. The number of sulfonamides is 1. The lowest BCUT2D eigenvalue weighted by molar-refractivity contribution is 0.293. The minimum absolute atomic E-state index is 0.0905. The van der Waals surface area contributed by atoms with Gasteiger partial charge >= 0.3 is 0 Å². The minimum atomic E-state index is -3.57. The number of anilines is 1. The summed E-state index contributed by atoms with van der Waals surface area (Å²) in [6.07, 6.45) is 5.47. The van der Waals surface area contributed by atoms with E-state index in [2.05, 4.69) is 24.7 Å². The molecule has 0 fully saturated rings. The van der Waals surface area contributed by atoms with Gasteiger partial charge in [-0.3, -0.25) is 24.1 Å². The SMILES string of the molecule is Cc1cnc(COc2cc(C)n(-c3cc(-c4ccnc(NS(C)(=O)=O)n4)ncc3C)c(=O)c2Cl)c(F)c1. The summed E-state index contributed by atoms with van der Waals surface area (Å²) in [5.74, 6) is -0.525. The highest BCUT2D eigenvalue weighted by atomic mass is 35.5. The lowest BCUT2D eigenvalue weighted by Gasteiger charge is -2.17. The molecule has 0 unspecified atom stereocenters. The van der Waals surface area contributed by atoms with E-state index in [0.29, 0.717) is 33.9 Å². The predicted molar refractivity (Wildman–Crippen MR) is 137 cm³/mol. The fraction of sp³-hybridized carbons (Fsp3) is 0.208. The van der Waals surface area contributed by atoms with E-state index in [0.717, 1.165) is 6.26 Å². The summed E-state index contributed by atoms with van der Waals surface area (Å²) in [5, 5.41) is -0.183. The number of hydrogen-bond donors (Lipinski definition) is 1. The van der Waals surface area contributed by atoms with Crippen molar-refractivity contribution < 1.29 is 17.5 Å². The molecule has 0 radical (unpaired) electrons. The van der Waals surface area contributed by atoms with E-state index in [4.69, 9.17) is 16.3 Å². The molecular weight excluding hydrogens is 523 g/mol. The van der Waals surface area contributed by atoms with Crippen LogP contribution in [0.5, 0.6) is 5.75 Å². The molecular formula is C24H22ClFN6O4S. The number of nitrogens with zero attached hydrogens (tertiary/aromatic N) is 5. The van der Waals surface area contributed by atoms with Crippen LogP contribution in [-0.4, -0.2) is 39.2 Å². The Morgan fingerprint density at radius 2 is 1.84 bits per heavy atom. The zero-order valence-electron chi connectivity index (χ0n) is 20.3. The van der Waals surface area contributed by atoms with Gasteiger partial charge in [0.2, 0.25) is 16.0 Å². The molecule has 0 saturated heterocycles. The van der Waals surface area contributed by atoms with Crippen LogP contribution in [0.4, 0.5) is 10.3 Å². The Hall–Kier alpha value is -3.90. The molecule has 13 heteroatoms. The second kappa shape index (κ2) is 10.2. The van der Waals surface area contributed by atoms with Gasteiger partial charge in [-0.1, -0.05) is 11.6 Å². The molecule has 4 heterocycles. The van der Waals surface area contributed by atoms with Crippen molar-refractivity contribution in [1.82, 2.24) is 24.5 Å². The van der Waals surface area contributed by atoms with Gasteiger partial charge in [0.1, 0.15) is 28.9 Å². The van der Waals surface area contributed by atoms with E-state index in [-0.39, 0.29) is 29.0 Å². The summed E-state index contributed by atoms with van der Waals surface area (Å²) < 4.78 is 46.5. The lowest BCUT2D eigenvalue weighted by atomic mass is 10.1. The average Bonchev–Trinajstić information content (AvgIpc) is 2.81. The molecule has 4 rings (SSSR count). The molecule has 0 spiro atoms. The molecule has 0 aliphatic rings. The van der Waals surface area contributed by atoms with Gasteiger partial charge in [0.15, 0.2) is 0 Å². The van der Waals surface area contributed by atoms with Gasteiger partial charge < -0.3 is 4.74 Å². The Morgan fingerprint density at radius 3 is 2.54 bits per heavy atom. The minimum Gasteiger partial charge on any atom is -0.485 e. The monoisotopic (exact) mass is 544 g/mol. The number of halogens is 2. The van der Waals surface area contributed by atoms with Gasteiger partial charge in [-0.15, -0.1) is 0 Å². The quantitative estimate of drug-likeness (QED) is 0.372. The van der Waals surface area contributed by atoms with E-state index < -0.39 is 21.4 Å². The number of aromatic nitrogens is 5. The van der Waals surface area contributed by atoms with Crippen molar-refractivity contribution in [1.29, 1.82) is 0 Å². The largest absolute Gasteiger partial charge is 0.485 e. The van der Waals surface area contributed by atoms with Gasteiger partial charge in [0.05, 0.1) is 23.3 Å². The van der Waals surface area contributed by atoms with Crippen LogP contribution in [0.2, 0.25) is 5.02 Å². The Balaban J connectivity index is 1.70. The number of pyridine rings is 3. The van der Waals surface area contributed by atoms with Crippen LogP contribution >= 0.6 is 11.6 Å². The summed E-state index contributed by atoms with van der Waals surface area (Å²) in [6.45, 7) is 5.00. The van der Waals surface area contributed by atoms with Crippen LogP contribution in [0.1, 0.15) is 22.5 Å². The Bertz CT molecular complexity index is 1680. The van der Waals surface area contributed by atoms with Crippen molar-refractivity contribution in [2.75, 3.05) is 11.0 Å². The average molecular weight is 545 g/mol. The van der Waals surface area contributed by atoms with Gasteiger partial charge in [-0.25, -0.2) is 22.8 Å². The van der Waals surface area contributed by atoms with Crippen molar-refractivity contribution in [3.05, 3.63) is 86.6 Å². The Morgan fingerprint density at radius 1 is 1.08 bits per heavy atom. The van der Waals surface area contributed by atoms with E-state index in [9.17, 15) is 17.6 Å². The first-order chi connectivity index (χ1) is 17.4. The van der Waals surface area contributed by atoms with Crippen molar-refractivity contribution in [3.8, 4) is 22.8 Å². The fourth-order valence-corrected chi connectivity index (χ4v) is 4.13.